The summed E-state index contributed by atoms with van der Waals surface area (Å²) in [6.07, 6.45) is 0.804. The van der Waals surface area contributed by atoms with Gasteiger partial charge in [0.05, 0.1) is 13.0 Å². The van der Waals surface area contributed by atoms with Gasteiger partial charge in [-0.1, -0.05) is 24.4 Å². The van der Waals surface area contributed by atoms with Gasteiger partial charge in [0.2, 0.25) is 0 Å². The lowest BCUT2D eigenvalue weighted by Crippen LogP contribution is -2.26. The van der Waals surface area contributed by atoms with Crippen molar-refractivity contribution >= 4 is 28.9 Å². The fourth-order valence-electron chi connectivity index (χ4n) is 2.30. The molecule has 5 heteroatoms. The maximum absolute atomic E-state index is 11.5. The Kier molecular flexibility index (Phi) is 3.81. The first kappa shape index (κ1) is 12.8. The molecule has 1 aliphatic rings. The van der Waals surface area contributed by atoms with Crippen LogP contribution >= 0.6 is 12.2 Å². The Balaban J connectivity index is 2.19. The van der Waals surface area contributed by atoms with Crippen LogP contribution in [0.15, 0.2) is 24.3 Å². The van der Waals surface area contributed by atoms with Gasteiger partial charge < -0.3 is 15.4 Å². The lowest BCUT2D eigenvalue weighted by Gasteiger charge is -2.21. The van der Waals surface area contributed by atoms with Crippen LogP contribution in [-0.4, -0.2) is 31.2 Å². The molecular weight excluding hydrogens is 248 g/mol. The molecule has 0 radical (unpaired) electrons. The van der Waals surface area contributed by atoms with Gasteiger partial charge >= 0.3 is 5.97 Å². The van der Waals surface area contributed by atoms with Gasteiger partial charge in [-0.3, -0.25) is 4.79 Å². The van der Waals surface area contributed by atoms with E-state index in [1.807, 2.05) is 24.3 Å². The Bertz CT molecular complexity index is 476. The van der Waals surface area contributed by atoms with Crippen LogP contribution in [0.3, 0.4) is 0 Å². The fourth-order valence-corrected chi connectivity index (χ4v) is 2.47. The number of methoxy groups -OCH3 is 1. The molecule has 96 valence electrons. The van der Waals surface area contributed by atoms with Crippen LogP contribution in [0.4, 0.5) is 5.69 Å². The molecule has 0 amide bonds. The smallest absolute Gasteiger partial charge is 0.310 e. The highest BCUT2D eigenvalue weighted by Gasteiger charge is 2.30. The SMILES string of the molecule is COC(=O)C1CCN(c2ccccc2C(N)=S)C1. The molecule has 2 rings (SSSR count). The summed E-state index contributed by atoms with van der Waals surface area (Å²) in [7, 11) is 1.42. The standard InChI is InChI=1S/C13H16N2O2S/c1-17-13(16)9-6-7-15(8-9)11-5-3-2-4-10(11)12(14)18/h2-5,9H,6-8H2,1H3,(H2,14,18). The summed E-state index contributed by atoms with van der Waals surface area (Å²) in [5.41, 5.74) is 7.57. The number of hydrogen-bond donors (Lipinski definition) is 1. The number of thiocarbonyl (C=S) groups is 1. The van der Waals surface area contributed by atoms with Crippen LogP contribution in [0.2, 0.25) is 0 Å². The number of carbonyl (C=O) groups is 1. The average molecular weight is 264 g/mol. The highest BCUT2D eigenvalue weighted by molar-refractivity contribution is 7.80. The molecule has 1 fully saturated rings. The number of ether oxygens (including phenoxy) is 1. The Labute approximate surface area is 112 Å². The van der Waals surface area contributed by atoms with Crippen molar-refractivity contribution in [3.8, 4) is 0 Å². The van der Waals surface area contributed by atoms with Crippen molar-refractivity contribution in [2.75, 3.05) is 25.1 Å². The average Bonchev–Trinajstić information content (AvgIpc) is 2.87. The monoisotopic (exact) mass is 264 g/mol. The topological polar surface area (TPSA) is 55.6 Å². The number of carbonyl (C=O) groups excluding carboxylic acids is 1. The Morgan fingerprint density at radius 1 is 1.50 bits per heavy atom. The van der Waals surface area contributed by atoms with E-state index in [-0.39, 0.29) is 11.9 Å². The van der Waals surface area contributed by atoms with Crippen molar-refractivity contribution < 1.29 is 9.53 Å². The van der Waals surface area contributed by atoms with E-state index in [1.54, 1.807) is 0 Å². The van der Waals surface area contributed by atoms with Gasteiger partial charge in [0.25, 0.3) is 0 Å². The highest BCUT2D eigenvalue weighted by Crippen LogP contribution is 2.27. The van der Waals surface area contributed by atoms with Crippen molar-refractivity contribution in [3.05, 3.63) is 29.8 Å². The zero-order valence-electron chi connectivity index (χ0n) is 10.3. The van der Waals surface area contributed by atoms with Crippen LogP contribution in [0, 0.1) is 5.92 Å². The minimum Gasteiger partial charge on any atom is -0.469 e. The molecular formula is C13H16N2O2S. The Hall–Kier alpha value is -1.62. The van der Waals surface area contributed by atoms with Crippen LogP contribution in [-0.2, 0) is 9.53 Å². The number of para-hydroxylation sites is 1. The molecule has 0 spiro atoms. The highest BCUT2D eigenvalue weighted by atomic mass is 32.1. The third kappa shape index (κ3) is 2.46. The van der Waals surface area contributed by atoms with Crippen molar-refractivity contribution in [3.63, 3.8) is 0 Å². The molecule has 1 heterocycles. The van der Waals surface area contributed by atoms with E-state index >= 15 is 0 Å². The quantitative estimate of drug-likeness (QED) is 0.659. The van der Waals surface area contributed by atoms with E-state index in [9.17, 15) is 4.79 Å². The number of hydrogen-bond acceptors (Lipinski definition) is 4. The van der Waals surface area contributed by atoms with Gasteiger partial charge in [-0.2, -0.15) is 0 Å². The number of rotatable bonds is 3. The predicted molar refractivity (Wildman–Crippen MR) is 74.7 cm³/mol. The Morgan fingerprint density at radius 2 is 2.22 bits per heavy atom. The van der Waals surface area contributed by atoms with Crippen molar-refractivity contribution in [2.24, 2.45) is 11.7 Å². The molecule has 2 N–H and O–H groups in total. The number of nitrogens with two attached hydrogens (primary N) is 1. The lowest BCUT2D eigenvalue weighted by molar-refractivity contribution is -0.144. The summed E-state index contributed by atoms with van der Waals surface area (Å²) in [5, 5.41) is 0. The second-order valence-corrected chi connectivity index (χ2v) is 4.78. The molecule has 1 aromatic rings. The van der Waals surface area contributed by atoms with E-state index in [0.29, 0.717) is 11.5 Å². The third-order valence-electron chi connectivity index (χ3n) is 3.23. The van der Waals surface area contributed by atoms with Crippen LogP contribution in [0.5, 0.6) is 0 Å². The summed E-state index contributed by atoms with van der Waals surface area (Å²) in [5.74, 6) is -0.209. The second-order valence-electron chi connectivity index (χ2n) is 4.34. The molecule has 1 unspecified atom stereocenters. The normalized spacial score (nSPS) is 18.7. The van der Waals surface area contributed by atoms with E-state index < -0.39 is 0 Å². The molecule has 0 bridgehead atoms. The summed E-state index contributed by atoms with van der Waals surface area (Å²) in [6, 6.07) is 7.74. The van der Waals surface area contributed by atoms with E-state index in [1.165, 1.54) is 7.11 Å². The van der Waals surface area contributed by atoms with Crippen LogP contribution in [0.25, 0.3) is 0 Å². The zero-order valence-corrected chi connectivity index (χ0v) is 11.1. The second kappa shape index (κ2) is 5.35. The third-order valence-corrected chi connectivity index (χ3v) is 3.45. The summed E-state index contributed by atoms with van der Waals surface area (Å²) >= 11 is 5.05. The first-order valence-corrected chi connectivity index (χ1v) is 6.26. The van der Waals surface area contributed by atoms with Gasteiger partial charge in [-0.05, 0) is 18.6 Å². The molecule has 0 aliphatic carbocycles. The minimum absolute atomic E-state index is 0.0607. The molecule has 18 heavy (non-hydrogen) atoms. The van der Waals surface area contributed by atoms with Gasteiger partial charge in [-0.15, -0.1) is 0 Å². The van der Waals surface area contributed by atoms with Crippen molar-refractivity contribution in [2.45, 2.75) is 6.42 Å². The first-order valence-electron chi connectivity index (χ1n) is 5.85. The van der Waals surface area contributed by atoms with Crippen LogP contribution < -0.4 is 10.6 Å². The molecule has 1 aliphatic heterocycles. The summed E-state index contributed by atoms with van der Waals surface area (Å²) < 4.78 is 4.78. The molecule has 1 atom stereocenters. The number of nitrogens with zero attached hydrogens (tertiary/aromatic N) is 1. The van der Waals surface area contributed by atoms with Crippen molar-refractivity contribution in [1.82, 2.24) is 0 Å². The number of esters is 1. The van der Waals surface area contributed by atoms with E-state index in [2.05, 4.69) is 4.90 Å². The number of anilines is 1. The molecule has 0 aromatic heterocycles. The van der Waals surface area contributed by atoms with Gasteiger partial charge in [-0.25, -0.2) is 0 Å². The molecule has 1 saturated heterocycles. The van der Waals surface area contributed by atoms with Gasteiger partial charge in [0.15, 0.2) is 0 Å². The largest absolute Gasteiger partial charge is 0.469 e. The summed E-state index contributed by atoms with van der Waals surface area (Å²) in [4.78, 5) is 14.0. The van der Waals surface area contributed by atoms with Gasteiger partial charge in [0, 0.05) is 24.3 Å². The first-order chi connectivity index (χ1) is 8.63. The maximum Gasteiger partial charge on any atom is 0.310 e. The fraction of sp³-hybridized carbons (Fsp3) is 0.385. The van der Waals surface area contributed by atoms with Gasteiger partial charge in [0.1, 0.15) is 4.99 Å². The lowest BCUT2D eigenvalue weighted by atomic mass is 10.1. The molecule has 0 saturated carbocycles. The predicted octanol–water partition coefficient (Wildman–Crippen LogP) is 1.32. The van der Waals surface area contributed by atoms with Crippen LogP contribution in [0.1, 0.15) is 12.0 Å². The summed E-state index contributed by atoms with van der Waals surface area (Å²) in [6.45, 7) is 1.48. The molecule has 1 aromatic carbocycles. The number of benzene rings is 1. The molecule has 4 nitrogen and oxygen atoms in total. The minimum atomic E-state index is -0.148. The van der Waals surface area contributed by atoms with Crippen molar-refractivity contribution in [1.29, 1.82) is 0 Å². The maximum atomic E-state index is 11.5. The van der Waals surface area contributed by atoms with E-state index in [4.69, 9.17) is 22.7 Å². The zero-order chi connectivity index (χ0) is 13.1. The van der Waals surface area contributed by atoms with E-state index in [0.717, 1.165) is 24.2 Å². The Morgan fingerprint density at radius 3 is 2.89 bits per heavy atom.